The quantitative estimate of drug-likeness (QED) is 0.431. The van der Waals surface area contributed by atoms with Crippen molar-refractivity contribution in [3.63, 3.8) is 0 Å². The molecule has 1 aliphatic heterocycles. The lowest BCUT2D eigenvalue weighted by atomic mass is 9.74. The van der Waals surface area contributed by atoms with Gasteiger partial charge in [0.25, 0.3) is 0 Å². The fraction of sp³-hybridized carbons (Fsp3) is 0.407. The second-order valence-electron chi connectivity index (χ2n) is 10.6. The number of pyridine rings is 1. The number of piperidine rings is 1. The molecule has 160 valence electrons. The minimum atomic E-state index is 0.102. The van der Waals surface area contributed by atoms with Crippen molar-refractivity contribution in [3.05, 3.63) is 59.9 Å². The van der Waals surface area contributed by atoms with Crippen LogP contribution in [0.15, 0.2) is 48.7 Å². The summed E-state index contributed by atoms with van der Waals surface area (Å²) in [5.41, 5.74) is 7.18. The summed E-state index contributed by atoms with van der Waals surface area (Å²) in [6, 6.07) is 15.5. The van der Waals surface area contributed by atoms with E-state index < -0.39 is 0 Å². The molecule has 31 heavy (non-hydrogen) atoms. The van der Waals surface area contributed by atoms with Gasteiger partial charge in [0.05, 0.1) is 11.0 Å². The van der Waals surface area contributed by atoms with E-state index in [0.29, 0.717) is 5.92 Å². The molecule has 1 aliphatic rings. The number of hydrogen-bond donors (Lipinski definition) is 1. The number of aromatic nitrogens is 3. The molecule has 0 saturated carbocycles. The van der Waals surface area contributed by atoms with Crippen LogP contribution in [-0.4, -0.2) is 25.8 Å². The van der Waals surface area contributed by atoms with Crippen LogP contribution in [0.3, 0.4) is 0 Å². The van der Waals surface area contributed by atoms with Crippen LogP contribution < -0.4 is 5.32 Å². The van der Waals surface area contributed by atoms with Crippen LogP contribution in [0.4, 0.5) is 0 Å². The minimum Gasteiger partial charge on any atom is -0.307 e. The smallest absolute Gasteiger partial charge is 0.0952 e. The van der Waals surface area contributed by atoms with Crippen LogP contribution in [0.25, 0.3) is 32.9 Å². The third-order valence-electron chi connectivity index (χ3n) is 6.57. The van der Waals surface area contributed by atoms with Crippen molar-refractivity contribution in [2.45, 2.75) is 64.5 Å². The molecule has 5 rings (SSSR count). The highest BCUT2D eigenvalue weighted by Crippen LogP contribution is 2.39. The highest BCUT2D eigenvalue weighted by molar-refractivity contribution is 5.97. The molecule has 1 saturated heterocycles. The van der Waals surface area contributed by atoms with Gasteiger partial charge in [-0.2, -0.15) is 5.10 Å². The van der Waals surface area contributed by atoms with Crippen LogP contribution in [0.2, 0.25) is 0 Å². The largest absolute Gasteiger partial charge is 0.307 e. The van der Waals surface area contributed by atoms with Gasteiger partial charge in [-0.25, -0.2) is 0 Å². The molecule has 4 aromatic rings. The maximum absolute atomic E-state index is 5.27. The number of para-hydroxylation sites is 1. The summed E-state index contributed by atoms with van der Waals surface area (Å²) in [4.78, 5) is 5.27. The van der Waals surface area contributed by atoms with Gasteiger partial charge in [-0.05, 0) is 76.8 Å². The maximum atomic E-state index is 5.27. The first-order valence-corrected chi connectivity index (χ1v) is 11.2. The number of aryl methyl sites for hydroxylation is 2. The topological polar surface area (TPSA) is 42.7 Å². The Bertz CT molecular complexity index is 1280. The van der Waals surface area contributed by atoms with E-state index in [1.165, 1.54) is 33.2 Å². The Balaban J connectivity index is 1.64. The molecular formula is C27H32N4. The molecule has 3 heterocycles. The standard InChI is InChI=1S/C27H32N4/c1-17-12-19(13-20-16-31(6)29-24(17)20)22-9-7-8-18-10-11-23(28-25(18)22)21-14-26(2,3)30-27(4,5)15-21/h7-13,16,21,30H,14-15H2,1-6H3. The van der Waals surface area contributed by atoms with Crippen molar-refractivity contribution in [1.29, 1.82) is 0 Å². The molecular weight excluding hydrogens is 380 g/mol. The fourth-order valence-corrected chi connectivity index (χ4v) is 5.74. The van der Waals surface area contributed by atoms with Gasteiger partial charge in [-0.3, -0.25) is 9.67 Å². The Morgan fingerprint density at radius 1 is 0.935 bits per heavy atom. The zero-order chi connectivity index (χ0) is 22.0. The second-order valence-corrected chi connectivity index (χ2v) is 10.6. The minimum absolute atomic E-state index is 0.102. The lowest BCUT2D eigenvalue weighted by Crippen LogP contribution is -2.57. The molecule has 1 fully saturated rings. The molecule has 0 atom stereocenters. The van der Waals surface area contributed by atoms with Crippen LogP contribution >= 0.6 is 0 Å². The van der Waals surface area contributed by atoms with Crippen LogP contribution in [0, 0.1) is 6.92 Å². The van der Waals surface area contributed by atoms with Crippen molar-refractivity contribution < 1.29 is 0 Å². The average Bonchev–Trinajstić information content (AvgIpc) is 3.05. The predicted octanol–water partition coefficient (Wildman–Crippen LogP) is 6.12. The van der Waals surface area contributed by atoms with Crippen molar-refractivity contribution >= 4 is 21.8 Å². The molecule has 0 aliphatic carbocycles. The van der Waals surface area contributed by atoms with Gasteiger partial charge in [0.1, 0.15) is 0 Å². The third-order valence-corrected chi connectivity index (χ3v) is 6.57. The van der Waals surface area contributed by atoms with Crippen LogP contribution in [0.1, 0.15) is 57.7 Å². The number of nitrogens with zero attached hydrogens (tertiary/aromatic N) is 3. The van der Waals surface area contributed by atoms with E-state index in [4.69, 9.17) is 4.98 Å². The number of rotatable bonds is 2. The Morgan fingerprint density at radius 2 is 1.68 bits per heavy atom. The maximum Gasteiger partial charge on any atom is 0.0952 e. The molecule has 0 bridgehead atoms. The molecule has 0 spiro atoms. The molecule has 0 radical (unpaired) electrons. The van der Waals surface area contributed by atoms with Crippen molar-refractivity contribution in [2.24, 2.45) is 7.05 Å². The number of nitrogens with one attached hydrogen (secondary N) is 1. The van der Waals surface area contributed by atoms with Crippen molar-refractivity contribution in [1.82, 2.24) is 20.1 Å². The summed E-state index contributed by atoms with van der Waals surface area (Å²) in [5.74, 6) is 0.450. The summed E-state index contributed by atoms with van der Waals surface area (Å²) in [7, 11) is 1.98. The van der Waals surface area contributed by atoms with E-state index in [9.17, 15) is 0 Å². The summed E-state index contributed by atoms with van der Waals surface area (Å²) >= 11 is 0. The SMILES string of the molecule is Cc1cc(-c2cccc3ccc(C4CC(C)(C)NC(C)(C)C4)nc23)cc2cn(C)nc12. The van der Waals surface area contributed by atoms with E-state index >= 15 is 0 Å². The lowest BCUT2D eigenvalue weighted by Gasteiger charge is -2.46. The van der Waals surface area contributed by atoms with Gasteiger partial charge in [0.15, 0.2) is 0 Å². The lowest BCUT2D eigenvalue weighted by molar-refractivity contribution is 0.160. The van der Waals surface area contributed by atoms with E-state index in [1.807, 2.05) is 11.7 Å². The number of fused-ring (bicyclic) bond motifs is 2. The Morgan fingerprint density at radius 3 is 2.42 bits per heavy atom. The Kier molecular flexibility index (Phi) is 4.49. The summed E-state index contributed by atoms with van der Waals surface area (Å²) in [6.45, 7) is 11.4. The van der Waals surface area contributed by atoms with Crippen LogP contribution in [0.5, 0.6) is 0 Å². The first-order chi connectivity index (χ1) is 14.6. The third kappa shape index (κ3) is 3.74. The molecule has 2 aromatic heterocycles. The molecule has 4 nitrogen and oxygen atoms in total. The zero-order valence-corrected chi connectivity index (χ0v) is 19.5. The highest BCUT2D eigenvalue weighted by atomic mass is 15.2. The van der Waals surface area contributed by atoms with Gasteiger partial charge in [-0.1, -0.05) is 24.3 Å². The Hall–Kier alpha value is -2.72. The van der Waals surface area contributed by atoms with E-state index in [1.54, 1.807) is 0 Å². The molecule has 4 heteroatoms. The van der Waals surface area contributed by atoms with Gasteiger partial charge in [0, 0.05) is 52.3 Å². The summed E-state index contributed by atoms with van der Waals surface area (Å²) < 4.78 is 1.89. The predicted molar refractivity (Wildman–Crippen MR) is 129 cm³/mol. The first kappa shape index (κ1) is 20.2. The van der Waals surface area contributed by atoms with Gasteiger partial charge in [-0.15, -0.1) is 0 Å². The van der Waals surface area contributed by atoms with E-state index in [2.05, 4.69) is 93.7 Å². The Labute approximate surface area is 184 Å². The van der Waals surface area contributed by atoms with E-state index in [0.717, 1.165) is 23.9 Å². The molecule has 2 aromatic carbocycles. The molecule has 1 N–H and O–H groups in total. The molecule has 0 unspecified atom stereocenters. The number of benzene rings is 2. The van der Waals surface area contributed by atoms with Gasteiger partial charge >= 0.3 is 0 Å². The summed E-state index contributed by atoms with van der Waals surface area (Å²) in [5, 5.41) is 10.8. The van der Waals surface area contributed by atoms with Crippen LogP contribution in [-0.2, 0) is 7.05 Å². The normalized spacial score (nSPS) is 18.6. The molecule has 0 amide bonds. The van der Waals surface area contributed by atoms with Crippen molar-refractivity contribution in [3.8, 4) is 11.1 Å². The number of hydrogen-bond acceptors (Lipinski definition) is 3. The van der Waals surface area contributed by atoms with Crippen molar-refractivity contribution in [2.75, 3.05) is 0 Å². The highest BCUT2D eigenvalue weighted by Gasteiger charge is 2.38. The van der Waals surface area contributed by atoms with Gasteiger partial charge < -0.3 is 5.32 Å². The average molecular weight is 413 g/mol. The first-order valence-electron chi connectivity index (χ1n) is 11.2. The monoisotopic (exact) mass is 412 g/mol. The van der Waals surface area contributed by atoms with E-state index in [-0.39, 0.29) is 11.1 Å². The second kappa shape index (κ2) is 6.89. The summed E-state index contributed by atoms with van der Waals surface area (Å²) in [6.07, 6.45) is 4.28. The fourth-order valence-electron chi connectivity index (χ4n) is 5.74. The van der Waals surface area contributed by atoms with Gasteiger partial charge in [0.2, 0.25) is 0 Å². The zero-order valence-electron chi connectivity index (χ0n) is 19.5.